The monoisotopic (exact) mass is 448 g/mol. The molecule has 1 aliphatic heterocycles. The number of nitrogens with zero attached hydrogens (tertiary/aromatic N) is 4. The van der Waals surface area contributed by atoms with Crippen LogP contribution in [-0.4, -0.2) is 32.0 Å². The number of para-hydroxylation sites is 2. The minimum absolute atomic E-state index is 0.625. The van der Waals surface area contributed by atoms with Gasteiger partial charge in [-0.05, 0) is 56.1 Å². The first kappa shape index (κ1) is 20.9. The fourth-order valence-electron chi connectivity index (χ4n) is 4.93. The van der Waals surface area contributed by atoms with Gasteiger partial charge in [-0.3, -0.25) is 4.90 Å². The molecule has 3 heterocycles. The smallest absolute Gasteiger partial charge is 0.226 e. The Bertz CT molecular complexity index is 1400. The molecule has 0 aliphatic carbocycles. The minimum atomic E-state index is 0.625. The molecule has 34 heavy (non-hydrogen) atoms. The lowest BCUT2D eigenvalue weighted by Gasteiger charge is -2.18. The van der Waals surface area contributed by atoms with Crippen molar-refractivity contribution < 1.29 is 4.42 Å². The summed E-state index contributed by atoms with van der Waals surface area (Å²) in [5.41, 5.74) is 6.49. The summed E-state index contributed by atoms with van der Waals surface area (Å²) in [5.74, 6) is 1.67. The summed E-state index contributed by atoms with van der Waals surface area (Å²) in [6.07, 6.45) is 4.34. The summed E-state index contributed by atoms with van der Waals surface area (Å²) in [7, 11) is 0. The summed E-state index contributed by atoms with van der Waals surface area (Å²) < 4.78 is 8.12. The van der Waals surface area contributed by atoms with Crippen molar-refractivity contribution in [3.05, 3.63) is 96.4 Å². The highest BCUT2D eigenvalue weighted by Gasteiger charge is 2.21. The zero-order valence-corrected chi connectivity index (χ0v) is 19.4. The Kier molecular flexibility index (Phi) is 5.47. The molecule has 5 heteroatoms. The molecule has 5 nitrogen and oxygen atoms in total. The van der Waals surface area contributed by atoms with Crippen LogP contribution in [0.4, 0.5) is 0 Å². The number of aromatic nitrogens is 3. The lowest BCUT2D eigenvalue weighted by Crippen LogP contribution is -2.26. The van der Waals surface area contributed by atoms with Gasteiger partial charge in [0.25, 0.3) is 0 Å². The zero-order chi connectivity index (χ0) is 22.9. The Morgan fingerprint density at radius 1 is 0.853 bits per heavy atom. The second kappa shape index (κ2) is 8.92. The number of hydrogen-bond donors (Lipinski definition) is 0. The van der Waals surface area contributed by atoms with Crippen molar-refractivity contribution >= 4 is 11.0 Å². The second-order valence-corrected chi connectivity index (χ2v) is 9.18. The Morgan fingerprint density at radius 2 is 1.65 bits per heavy atom. The van der Waals surface area contributed by atoms with Gasteiger partial charge in [-0.15, -0.1) is 0 Å². The van der Waals surface area contributed by atoms with E-state index in [1.807, 2.05) is 12.1 Å². The van der Waals surface area contributed by atoms with E-state index in [0.29, 0.717) is 11.9 Å². The number of imidazole rings is 1. The molecular formula is C29H28N4O. The number of rotatable bonds is 6. The van der Waals surface area contributed by atoms with E-state index in [0.717, 1.165) is 53.3 Å². The molecule has 1 fully saturated rings. The van der Waals surface area contributed by atoms with Crippen LogP contribution in [0.15, 0.2) is 89.5 Å². The van der Waals surface area contributed by atoms with Gasteiger partial charge in [0.15, 0.2) is 0 Å². The summed E-state index contributed by atoms with van der Waals surface area (Å²) in [4.78, 5) is 12.2. The van der Waals surface area contributed by atoms with Gasteiger partial charge >= 0.3 is 0 Å². The maximum absolute atomic E-state index is 5.82. The minimum Gasteiger partial charge on any atom is -0.444 e. The number of hydrogen-bond acceptors (Lipinski definition) is 4. The van der Waals surface area contributed by atoms with Crippen LogP contribution in [-0.2, 0) is 13.1 Å². The largest absolute Gasteiger partial charge is 0.444 e. The molecule has 0 bridgehead atoms. The molecule has 1 saturated heterocycles. The molecule has 0 N–H and O–H groups in total. The van der Waals surface area contributed by atoms with Gasteiger partial charge in [0, 0.05) is 30.3 Å². The molecule has 3 aromatic carbocycles. The van der Waals surface area contributed by atoms with Crippen molar-refractivity contribution in [1.29, 1.82) is 0 Å². The van der Waals surface area contributed by atoms with Crippen molar-refractivity contribution in [1.82, 2.24) is 19.4 Å². The third-order valence-electron chi connectivity index (χ3n) is 6.84. The average Bonchev–Trinajstić information content (AvgIpc) is 3.60. The molecule has 0 amide bonds. The van der Waals surface area contributed by atoms with E-state index < -0.39 is 0 Å². The summed E-state index contributed by atoms with van der Waals surface area (Å²) in [5, 5.41) is 0. The van der Waals surface area contributed by atoms with Crippen LogP contribution in [0.3, 0.4) is 0 Å². The third-order valence-corrected chi connectivity index (χ3v) is 6.84. The van der Waals surface area contributed by atoms with E-state index in [4.69, 9.17) is 14.4 Å². The first-order valence-electron chi connectivity index (χ1n) is 12.0. The highest BCUT2D eigenvalue weighted by Crippen LogP contribution is 2.27. The lowest BCUT2D eigenvalue weighted by molar-refractivity contribution is 0.257. The molecule has 1 atom stereocenters. The fourth-order valence-corrected chi connectivity index (χ4v) is 4.93. The van der Waals surface area contributed by atoms with Crippen LogP contribution < -0.4 is 0 Å². The first-order valence-corrected chi connectivity index (χ1v) is 12.0. The highest BCUT2D eigenvalue weighted by molar-refractivity contribution is 5.80. The number of benzene rings is 3. The molecule has 0 saturated carbocycles. The second-order valence-electron chi connectivity index (χ2n) is 9.18. The van der Waals surface area contributed by atoms with Crippen LogP contribution in [0, 0.1) is 0 Å². The number of fused-ring (bicyclic) bond motifs is 1. The molecule has 6 rings (SSSR count). The normalized spacial score (nSPS) is 16.4. The molecular weight excluding hydrogens is 420 g/mol. The predicted octanol–water partition coefficient (Wildman–Crippen LogP) is 6.39. The Morgan fingerprint density at radius 3 is 2.44 bits per heavy atom. The van der Waals surface area contributed by atoms with Gasteiger partial charge in [-0.1, -0.05) is 54.6 Å². The predicted molar refractivity (Wildman–Crippen MR) is 135 cm³/mol. The van der Waals surface area contributed by atoms with E-state index in [1.165, 1.54) is 18.4 Å². The topological polar surface area (TPSA) is 47.1 Å². The molecule has 0 radical (unpaired) electrons. The highest BCUT2D eigenvalue weighted by atomic mass is 16.3. The van der Waals surface area contributed by atoms with Crippen molar-refractivity contribution in [2.24, 2.45) is 0 Å². The third kappa shape index (κ3) is 4.03. The Balaban J connectivity index is 1.25. The van der Waals surface area contributed by atoms with E-state index in [-0.39, 0.29) is 0 Å². The molecule has 2 aromatic heterocycles. The van der Waals surface area contributed by atoms with Crippen molar-refractivity contribution in [2.45, 2.75) is 38.9 Å². The van der Waals surface area contributed by atoms with Gasteiger partial charge in [-0.25, -0.2) is 9.97 Å². The maximum atomic E-state index is 5.82. The standard InChI is InChI=1S/C29H28N4O/c1-21-8-7-17-32(21)19-25-20-34-29(30-25)24-15-13-22(14-16-24)18-33-27-12-6-5-11-26(27)31-28(33)23-9-3-2-4-10-23/h2-6,9-16,20-21H,7-8,17-19H2,1H3/t21-/m1/s1. The van der Waals surface area contributed by atoms with Crippen LogP contribution in [0.2, 0.25) is 0 Å². The Labute approximate surface area is 199 Å². The van der Waals surface area contributed by atoms with Crippen molar-refractivity contribution in [3.63, 3.8) is 0 Å². The van der Waals surface area contributed by atoms with E-state index in [1.54, 1.807) is 6.26 Å². The number of likely N-dealkylation sites (tertiary alicyclic amines) is 1. The van der Waals surface area contributed by atoms with Gasteiger partial charge in [-0.2, -0.15) is 0 Å². The summed E-state index contributed by atoms with van der Waals surface area (Å²) >= 11 is 0. The van der Waals surface area contributed by atoms with Crippen molar-refractivity contribution in [3.8, 4) is 22.8 Å². The average molecular weight is 449 g/mol. The van der Waals surface area contributed by atoms with Crippen molar-refractivity contribution in [2.75, 3.05) is 6.54 Å². The van der Waals surface area contributed by atoms with Crippen LogP contribution >= 0.6 is 0 Å². The van der Waals surface area contributed by atoms with Gasteiger partial charge in [0.1, 0.15) is 12.1 Å². The van der Waals surface area contributed by atoms with E-state index in [9.17, 15) is 0 Å². The van der Waals surface area contributed by atoms with E-state index >= 15 is 0 Å². The molecule has 170 valence electrons. The zero-order valence-electron chi connectivity index (χ0n) is 19.4. The maximum Gasteiger partial charge on any atom is 0.226 e. The molecule has 5 aromatic rings. The summed E-state index contributed by atoms with van der Waals surface area (Å²) in [6.45, 7) is 5.04. The first-order chi connectivity index (χ1) is 16.7. The number of oxazole rings is 1. The summed E-state index contributed by atoms with van der Waals surface area (Å²) in [6, 6.07) is 27.8. The van der Waals surface area contributed by atoms with Crippen LogP contribution in [0.1, 0.15) is 31.0 Å². The molecule has 0 spiro atoms. The fraction of sp³-hybridized carbons (Fsp3) is 0.241. The van der Waals surface area contributed by atoms with Gasteiger partial charge < -0.3 is 8.98 Å². The molecule has 1 aliphatic rings. The van der Waals surface area contributed by atoms with Gasteiger partial charge in [0.2, 0.25) is 5.89 Å². The van der Waals surface area contributed by atoms with Crippen LogP contribution in [0.25, 0.3) is 33.9 Å². The van der Waals surface area contributed by atoms with Crippen LogP contribution in [0.5, 0.6) is 0 Å². The molecule has 0 unspecified atom stereocenters. The quantitative estimate of drug-likeness (QED) is 0.302. The Hall–Kier alpha value is -3.70. The lowest BCUT2D eigenvalue weighted by atomic mass is 10.1. The van der Waals surface area contributed by atoms with Gasteiger partial charge in [0.05, 0.1) is 16.7 Å². The SMILES string of the molecule is C[C@@H]1CCCN1Cc1coc(-c2ccc(Cn3c(-c4ccccc4)nc4ccccc43)cc2)n1. The van der Waals surface area contributed by atoms with E-state index in [2.05, 4.69) is 83.1 Å².